The first-order valence-corrected chi connectivity index (χ1v) is 7.02. The molecule has 0 radical (unpaired) electrons. The van der Waals surface area contributed by atoms with Gasteiger partial charge in [-0.05, 0) is 72.3 Å². The minimum Gasteiger partial charge on any atom is -0.462 e. The van der Waals surface area contributed by atoms with Crippen molar-refractivity contribution < 1.29 is 9.21 Å². The molecule has 0 unspecified atom stereocenters. The van der Waals surface area contributed by atoms with Crippen molar-refractivity contribution in [2.75, 3.05) is 5.32 Å². The Morgan fingerprint density at radius 2 is 2.05 bits per heavy atom. The monoisotopic (exact) mass is 365 g/mol. The molecule has 19 heavy (non-hydrogen) atoms. The molecule has 1 aromatic heterocycles. The van der Waals surface area contributed by atoms with Gasteiger partial charge in [-0.25, -0.2) is 0 Å². The number of amides is 1. The standard InChI is InChI=1S/C15H12INO2/c1-8-5-11(19-9(8)2)7-13-12-6-10(16)3-4-14(12)17-15(13)18/h3-7H,1-2H3,(H,17,18). The lowest BCUT2D eigenvalue weighted by Gasteiger charge is -1.98. The molecule has 0 saturated carbocycles. The maximum Gasteiger partial charge on any atom is 0.256 e. The molecule has 1 aromatic carbocycles. The van der Waals surface area contributed by atoms with Gasteiger partial charge in [-0.2, -0.15) is 0 Å². The molecule has 1 amide bonds. The number of carbonyl (C=O) groups excluding carboxylic acids is 1. The van der Waals surface area contributed by atoms with E-state index in [0.717, 1.165) is 26.1 Å². The highest BCUT2D eigenvalue weighted by Crippen LogP contribution is 2.34. The van der Waals surface area contributed by atoms with Crippen LogP contribution in [0.5, 0.6) is 0 Å². The first kappa shape index (κ1) is 12.5. The van der Waals surface area contributed by atoms with Crippen molar-refractivity contribution in [1.29, 1.82) is 0 Å². The fraction of sp³-hybridized carbons (Fsp3) is 0.133. The third kappa shape index (κ3) is 2.20. The molecule has 0 aliphatic carbocycles. The maximum atomic E-state index is 12.0. The maximum absolute atomic E-state index is 12.0. The number of carbonyl (C=O) groups is 1. The first-order chi connectivity index (χ1) is 9.04. The minimum atomic E-state index is -0.0799. The molecule has 2 heterocycles. The van der Waals surface area contributed by atoms with E-state index in [-0.39, 0.29) is 5.91 Å². The quantitative estimate of drug-likeness (QED) is 0.613. The molecule has 2 aromatic rings. The van der Waals surface area contributed by atoms with Crippen LogP contribution >= 0.6 is 22.6 Å². The summed E-state index contributed by atoms with van der Waals surface area (Å²) in [6, 6.07) is 7.85. The molecule has 3 nitrogen and oxygen atoms in total. The Hall–Kier alpha value is -1.56. The largest absolute Gasteiger partial charge is 0.462 e. The number of rotatable bonds is 1. The predicted octanol–water partition coefficient (Wildman–Crippen LogP) is 3.99. The minimum absolute atomic E-state index is 0.0799. The normalized spacial score (nSPS) is 15.7. The van der Waals surface area contributed by atoms with Crippen molar-refractivity contribution in [3.63, 3.8) is 0 Å². The van der Waals surface area contributed by atoms with Crippen LogP contribution in [0.4, 0.5) is 5.69 Å². The zero-order valence-corrected chi connectivity index (χ0v) is 12.7. The van der Waals surface area contributed by atoms with E-state index in [2.05, 4.69) is 27.9 Å². The Morgan fingerprint density at radius 1 is 1.26 bits per heavy atom. The predicted molar refractivity (Wildman–Crippen MR) is 83.8 cm³/mol. The van der Waals surface area contributed by atoms with Gasteiger partial charge >= 0.3 is 0 Å². The Labute approximate surface area is 124 Å². The van der Waals surface area contributed by atoms with Gasteiger partial charge in [-0.3, -0.25) is 4.79 Å². The molecule has 96 valence electrons. The molecule has 1 aliphatic heterocycles. The second kappa shape index (κ2) is 4.52. The van der Waals surface area contributed by atoms with Gasteiger partial charge in [0.25, 0.3) is 5.91 Å². The van der Waals surface area contributed by atoms with Crippen LogP contribution in [-0.2, 0) is 4.79 Å². The van der Waals surface area contributed by atoms with E-state index in [4.69, 9.17) is 4.42 Å². The zero-order valence-electron chi connectivity index (χ0n) is 10.6. The first-order valence-electron chi connectivity index (χ1n) is 5.94. The average Bonchev–Trinajstić information content (AvgIpc) is 2.82. The van der Waals surface area contributed by atoms with E-state index in [1.165, 1.54) is 0 Å². The average molecular weight is 365 g/mol. The zero-order chi connectivity index (χ0) is 13.6. The highest BCUT2D eigenvalue weighted by Gasteiger charge is 2.24. The lowest BCUT2D eigenvalue weighted by Crippen LogP contribution is -2.03. The molecule has 1 N–H and O–H groups in total. The van der Waals surface area contributed by atoms with E-state index in [1.807, 2.05) is 38.1 Å². The van der Waals surface area contributed by atoms with Crippen molar-refractivity contribution in [3.8, 4) is 0 Å². The van der Waals surface area contributed by atoms with Gasteiger partial charge in [0.15, 0.2) is 0 Å². The van der Waals surface area contributed by atoms with Crippen molar-refractivity contribution in [1.82, 2.24) is 0 Å². The van der Waals surface area contributed by atoms with Crippen LogP contribution < -0.4 is 5.32 Å². The molecule has 3 rings (SSSR count). The number of hydrogen-bond acceptors (Lipinski definition) is 2. The fourth-order valence-electron chi connectivity index (χ4n) is 2.12. The molecular weight excluding hydrogens is 353 g/mol. The van der Waals surface area contributed by atoms with Gasteiger partial charge in [-0.15, -0.1) is 0 Å². The Kier molecular flexibility index (Phi) is 2.97. The van der Waals surface area contributed by atoms with Gasteiger partial charge < -0.3 is 9.73 Å². The number of nitrogens with one attached hydrogen (secondary N) is 1. The Morgan fingerprint density at radius 3 is 2.74 bits per heavy atom. The number of anilines is 1. The third-order valence-corrected chi connectivity index (χ3v) is 3.91. The Balaban J connectivity index is 2.11. The summed E-state index contributed by atoms with van der Waals surface area (Å²) in [4.78, 5) is 12.0. The smallest absolute Gasteiger partial charge is 0.256 e. The lowest BCUT2D eigenvalue weighted by atomic mass is 10.1. The molecule has 4 heteroatoms. The highest BCUT2D eigenvalue weighted by molar-refractivity contribution is 14.1. The number of benzene rings is 1. The molecule has 0 atom stereocenters. The molecule has 0 bridgehead atoms. The lowest BCUT2D eigenvalue weighted by molar-refractivity contribution is -0.110. The van der Waals surface area contributed by atoms with Crippen molar-refractivity contribution >= 4 is 45.8 Å². The second-order valence-corrected chi connectivity index (χ2v) is 5.84. The van der Waals surface area contributed by atoms with Crippen LogP contribution in [0, 0.1) is 17.4 Å². The van der Waals surface area contributed by atoms with Gasteiger partial charge in [0.1, 0.15) is 11.5 Å². The summed E-state index contributed by atoms with van der Waals surface area (Å²) in [6.07, 6.45) is 1.80. The number of aryl methyl sites for hydroxylation is 2. The van der Waals surface area contributed by atoms with Crippen LogP contribution in [-0.4, -0.2) is 5.91 Å². The number of halogens is 1. The summed E-state index contributed by atoms with van der Waals surface area (Å²) in [5, 5.41) is 2.86. The number of furan rings is 1. The van der Waals surface area contributed by atoms with Crippen LogP contribution in [0.2, 0.25) is 0 Å². The summed E-state index contributed by atoms with van der Waals surface area (Å²) in [6.45, 7) is 3.91. The molecular formula is C15H12INO2. The van der Waals surface area contributed by atoms with Crippen LogP contribution in [0.1, 0.15) is 22.6 Å². The number of hydrogen-bond donors (Lipinski definition) is 1. The molecule has 1 aliphatic rings. The Bertz CT molecular complexity index is 693. The second-order valence-electron chi connectivity index (χ2n) is 4.59. The summed E-state index contributed by atoms with van der Waals surface area (Å²) in [5.41, 5.74) is 3.54. The van der Waals surface area contributed by atoms with E-state index < -0.39 is 0 Å². The van der Waals surface area contributed by atoms with E-state index in [9.17, 15) is 4.79 Å². The highest BCUT2D eigenvalue weighted by atomic mass is 127. The number of fused-ring (bicyclic) bond motifs is 1. The summed E-state index contributed by atoms with van der Waals surface area (Å²) < 4.78 is 6.71. The van der Waals surface area contributed by atoms with E-state index >= 15 is 0 Å². The van der Waals surface area contributed by atoms with Gasteiger partial charge in [0.05, 0.1) is 5.57 Å². The molecule has 0 spiro atoms. The van der Waals surface area contributed by atoms with Crippen LogP contribution in [0.15, 0.2) is 28.7 Å². The van der Waals surface area contributed by atoms with Crippen molar-refractivity contribution in [2.24, 2.45) is 0 Å². The summed E-state index contributed by atoms with van der Waals surface area (Å²) in [7, 11) is 0. The van der Waals surface area contributed by atoms with Crippen molar-refractivity contribution in [3.05, 3.63) is 50.5 Å². The van der Waals surface area contributed by atoms with Gasteiger partial charge in [-0.1, -0.05) is 0 Å². The SMILES string of the molecule is Cc1cc(C=C2C(=O)Nc3ccc(I)cc32)oc1C. The van der Waals surface area contributed by atoms with Crippen molar-refractivity contribution in [2.45, 2.75) is 13.8 Å². The van der Waals surface area contributed by atoms with Gasteiger partial charge in [0.2, 0.25) is 0 Å². The van der Waals surface area contributed by atoms with Gasteiger partial charge in [0, 0.05) is 14.8 Å². The van der Waals surface area contributed by atoms with Crippen LogP contribution in [0.25, 0.3) is 11.6 Å². The fourth-order valence-corrected chi connectivity index (χ4v) is 2.61. The van der Waals surface area contributed by atoms with E-state index in [1.54, 1.807) is 6.08 Å². The van der Waals surface area contributed by atoms with E-state index in [0.29, 0.717) is 11.3 Å². The third-order valence-electron chi connectivity index (χ3n) is 3.24. The topological polar surface area (TPSA) is 42.2 Å². The summed E-state index contributed by atoms with van der Waals surface area (Å²) >= 11 is 2.24. The summed E-state index contributed by atoms with van der Waals surface area (Å²) in [5.74, 6) is 1.52. The molecule has 0 fully saturated rings. The molecule has 0 saturated heterocycles. The van der Waals surface area contributed by atoms with Crippen LogP contribution in [0.3, 0.4) is 0 Å².